The molecule has 0 heterocycles. The van der Waals surface area contributed by atoms with Crippen molar-refractivity contribution in [2.75, 3.05) is 0 Å². The fraction of sp³-hybridized carbons (Fsp3) is 0.211. The Kier molecular flexibility index (Phi) is 5.44. The fourth-order valence-electron chi connectivity index (χ4n) is 3.16. The predicted molar refractivity (Wildman–Crippen MR) is 99.8 cm³/mol. The monoisotopic (exact) mass is 443 g/mol. The van der Waals surface area contributed by atoms with Gasteiger partial charge in [-0.1, -0.05) is 56.5 Å². The molecule has 7 heteroatoms. The number of hydrogen-bond donors (Lipinski definition) is 1. The number of fused-ring (bicyclic) bond motifs is 1. The summed E-state index contributed by atoms with van der Waals surface area (Å²) in [6, 6.07) is 12.3. The summed E-state index contributed by atoms with van der Waals surface area (Å²) in [5.41, 5.74) is 1.57. The number of benzene rings is 2. The Hall–Kier alpha value is -1.79. The molecule has 0 saturated heterocycles. The van der Waals surface area contributed by atoms with Gasteiger partial charge in [-0.05, 0) is 60.2 Å². The molecule has 0 unspecified atom stereocenters. The number of allylic oxidation sites excluding steroid dienone is 2. The lowest BCUT2D eigenvalue weighted by atomic mass is 9.97. The Labute approximate surface area is 162 Å². The first kappa shape index (κ1) is 19.0. The molecule has 1 aliphatic rings. The van der Waals surface area contributed by atoms with E-state index < -0.39 is 11.9 Å². The van der Waals surface area contributed by atoms with E-state index in [-0.39, 0.29) is 5.57 Å². The summed E-state index contributed by atoms with van der Waals surface area (Å²) in [6.45, 7) is 0. The molecule has 1 N–H and O–H groups in total. The highest BCUT2D eigenvalue weighted by Crippen LogP contribution is 2.41. The summed E-state index contributed by atoms with van der Waals surface area (Å²) in [5, 5.41) is 12.2. The molecule has 0 spiro atoms. The number of halogens is 5. The number of nitrogens with zero attached hydrogens (tertiary/aromatic N) is 1. The van der Waals surface area contributed by atoms with Crippen LogP contribution in [0.3, 0.4) is 0 Å². The second-order valence-electron chi connectivity index (χ2n) is 6.03. The van der Waals surface area contributed by atoms with Crippen LogP contribution in [0.25, 0.3) is 5.57 Å². The largest absolute Gasteiger partial charge is 0.437 e. The van der Waals surface area contributed by atoms with Gasteiger partial charge in [-0.15, -0.1) is 0 Å². The number of hydrogen-bond acceptors (Lipinski definition) is 2. The summed E-state index contributed by atoms with van der Waals surface area (Å²) in [6.07, 6.45) is -3.34. The third-order valence-electron chi connectivity index (χ3n) is 4.33. The minimum atomic E-state index is -4.73. The van der Waals surface area contributed by atoms with Gasteiger partial charge in [0.25, 0.3) is 0 Å². The van der Waals surface area contributed by atoms with Gasteiger partial charge in [0.05, 0.1) is 0 Å². The van der Waals surface area contributed by atoms with Crippen molar-refractivity contribution in [3.8, 4) is 0 Å². The molecular formula is C19H14BrClF3NO. The molecule has 0 aromatic heterocycles. The lowest BCUT2D eigenvalue weighted by Gasteiger charge is -2.13. The molecule has 3 rings (SSSR count). The number of aryl methyl sites for hydroxylation is 1. The van der Waals surface area contributed by atoms with Crippen LogP contribution in [0, 0.1) is 0 Å². The SMILES string of the molecule is O/N=C(/C1=C(CCc2ccc(Cl)cc2)Cc2cc(Br)ccc21)C(F)(F)F. The third-order valence-corrected chi connectivity index (χ3v) is 5.07. The van der Waals surface area contributed by atoms with E-state index in [4.69, 9.17) is 16.8 Å². The van der Waals surface area contributed by atoms with Crippen LogP contribution in [-0.2, 0) is 12.8 Å². The molecule has 1 aliphatic carbocycles. The summed E-state index contributed by atoms with van der Waals surface area (Å²) in [4.78, 5) is 0. The molecule has 2 aromatic carbocycles. The Morgan fingerprint density at radius 1 is 1.12 bits per heavy atom. The van der Waals surface area contributed by atoms with Crippen LogP contribution in [0.1, 0.15) is 23.1 Å². The Bertz CT molecular complexity index is 889. The standard InChI is InChI=1S/C19H14BrClF3NO/c20-14-5-8-16-13(10-14)9-12(17(16)18(25-26)19(22,23)24)4-1-11-2-6-15(21)7-3-11/h2-3,5-8,10,26H,1,4,9H2/b25-18-. The molecule has 0 atom stereocenters. The molecule has 26 heavy (non-hydrogen) atoms. The Morgan fingerprint density at radius 3 is 2.42 bits per heavy atom. The first-order valence-electron chi connectivity index (χ1n) is 7.84. The predicted octanol–water partition coefficient (Wildman–Crippen LogP) is 6.44. The smallest absolute Gasteiger partial charge is 0.410 e. The van der Waals surface area contributed by atoms with Crippen molar-refractivity contribution >= 4 is 38.8 Å². The van der Waals surface area contributed by atoms with E-state index in [0.717, 1.165) is 15.6 Å². The maximum absolute atomic E-state index is 13.4. The second-order valence-corrected chi connectivity index (χ2v) is 7.38. The van der Waals surface area contributed by atoms with E-state index in [0.29, 0.717) is 35.4 Å². The fourth-order valence-corrected chi connectivity index (χ4v) is 3.70. The number of oxime groups is 1. The van der Waals surface area contributed by atoms with Gasteiger partial charge in [-0.2, -0.15) is 13.2 Å². The first-order valence-corrected chi connectivity index (χ1v) is 9.01. The Balaban J connectivity index is 1.98. The average Bonchev–Trinajstić information content (AvgIpc) is 2.91. The average molecular weight is 445 g/mol. The molecule has 136 valence electrons. The van der Waals surface area contributed by atoms with Crippen molar-refractivity contribution < 1.29 is 18.4 Å². The van der Waals surface area contributed by atoms with Gasteiger partial charge in [0.1, 0.15) is 0 Å². The van der Waals surface area contributed by atoms with Crippen molar-refractivity contribution in [3.05, 3.63) is 74.2 Å². The normalized spacial score (nSPS) is 14.7. The van der Waals surface area contributed by atoms with Crippen LogP contribution in [-0.4, -0.2) is 17.1 Å². The van der Waals surface area contributed by atoms with E-state index in [2.05, 4.69) is 21.1 Å². The van der Waals surface area contributed by atoms with Crippen LogP contribution in [0.5, 0.6) is 0 Å². The van der Waals surface area contributed by atoms with Crippen molar-refractivity contribution in [2.45, 2.75) is 25.4 Å². The second kappa shape index (κ2) is 7.45. The zero-order valence-electron chi connectivity index (χ0n) is 13.4. The molecule has 0 radical (unpaired) electrons. The molecule has 0 saturated carbocycles. The third kappa shape index (κ3) is 3.96. The van der Waals surface area contributed by atoms with Gasteiger partial charge in [0.15, 0.2) is 5.71 Å². The van der Waals surface area contributed by atoms with Crippen molar-refractivity contribution in [1.82, 2.24) is 0 Å². The van der Waals surface area contributed by atoms with Gasteiger partial charge in [-0.3, -0.25) is 0 Å². The summed E-state index contributed by atoms with van der Waals surface area (Å²) >= 11 is 9.21. The molecule has 0 fully saturated rings. The van der Waals surface area contributed by atoms with Crippen LogP contribution in [0.2, 0.25) is 5.02 Å². The lowest BCUT2D eigenvalue weighted by molar-refractivity contribution is -0.0591. The summed E-state index contributed by atoms with van der Waals surface area (Å²) < 4.78 is 40.9. The van der Waals surface area contributed by atoms with Crippen LogP contribution in [0.15, 0.2) is 57.7 Å². The van der Waals surface area contributed by atoms with Crippen molar-refractivity contribution in [2.24, 2.45) is 5.16 Å². The van der Waals surface area contributed by atoms with Crippen molar-refractivity contribution in [1.29, 1.82) is 0 Å². The van der Waals surface area contributed by atoms with Crippen LogP contribution < -0.4 is 0 Å². The highest BCUT2D eigenvalue weighted by molar-refractivity contribution is 9.10. The van der Waals surface area contributed by atoms with E-state index in [1.54, 1.807) is 30.3 Å². The first-order chi connectivity index (χ1) is 12.3. The van der Waals surface area contributed by atoms with Gasteiger partial charge in [0, 0.05) is 15.1 Å². The molecular weight excluding hydrogens is 431 g/mol. The van der Waals surface area contributed by atoms with Gasteiger partial charge >= 0.3 is 6.18 Å². The van der Waals surface area contributed by atoms with Gasteiger partial charge in [0.2, 0.25) is 0 Å². The van der Waals surface area contributed by atoms with E-state index in [1.807, 2.05) is 12.1 Å². The highest BCUT2D eigenvalue weighted by atomic mass is 79.9. The molecule has 2 aromatic rings. The van der Waals surface area contributed by atoms with Crippen LogP contribution in [0.4, 0.5) is 13.2 Å². The zero-order chi connectivity index (χ0) is 18.9. The lowest BCUT2D eigenvalue weighted by Crippen LogP contribution is -2.24. The summed E-state index contributed by atoms with van der Waals surface area (Å²) in [5.74, 6) is 0. The number of alkyl halides is 3. The van der Waals surface area contributed by atoms with Gasteiger partial charge < -0.3 is 5.21 Å². The molecule has 0 bridgehead atoms. The minimum Gasteiger partial charge on any atom is -0.410 e. The maximum Gasteiger partial charge on any atom is 0.437 e. The molecule has 0 aliphatic heterocycles. The molecule has 2 nitrogen and oxygen atoms in total. The van der Waals surface area contributed by atoms with Crippen LogP contribution >= 0.6 is 27.5 Å². The topological polar surface area (TPSA) is 32.6 Å². The maximum atomic E-state index is 13.4. The Morgan fingerprint density at radius 2 is 1.81 bits per heavy atom. The number of rotatable bonds is 4. The van der Waals surface area contributed by atoms with Gasteiger partial charge in [-0.25, -0.2) is 0 Å². The zero-order valence-corrected chi connectivity index (χ0v) is 15.8. The van der Waals surface area contributed by atoms with Crippen molar-refractivity contribution in [3.63, 3.8) is 0 Å². The van der Waals surface area contributed by atoms with E-state index in [1.165, 1.54) is 0 Å². The summed E-state index contributed by atoms with van der Waals surface area (Å²) in [7, 11) is 0. The van der Waals surface area contributed by atoms with E-state index >= 15 is 0 Å². The quantitative estimate of drug-likeness (QED) is 0.329. The highest BCUT2D eigenvalue weighted by Gasteiger charge is 2.42. The molecule has 0 amide bonds. The van der Waals surface area contributed by atoms with E-state index in [9.17, 15) is 13.2 Å². The minimum absolute atomic E-state index is 0.0172.